The van der Waals surface area contributed by atoms with E-state index in [0.29, 0.717) is 37.3 Å². The Kier molecular flexibility index (Phi) is 7.46. The third-order valence-electron chi connectivity index (χ3n) is 7.68. The molecular weight excluding hydrogens is 507 g/mol. The summed E-state index contributed by atoms with van der Waals surface area (Å²) >= 11 is 0. The zero-order valence-corrected chi connectivity index (χ0v) is 22.0. The number of alkyl halides is 3. The fraction of sp³-hybridized carbons (Fsp3) is 0.448. The lowest BCUT2D eigenvalue weighted by Gasteiger charge is -2.35. The number of nitrogens with one attached hydrogen (secondary N) is 2. The minimum atomic E-state index is -4.64. The van der Waals surface area contributed by atoms with Crippen molar-refractivity contribution in [2.24, 2.45) is 5.92 Å². The SMILES string of the molecule is CC(=O)NC1CCC(C(=O)N(C)[C@@H](c2ccc(Nc3cnc4cccnc4c3C3CC3)cc2)C(F)(F)F)CC1. The van der Waals surface area contributed by atoms with Crippen molar-refractivity contribution in [1.82, 2.24) is 20.2 Å². The van der Waals surface area contributed by atoms with Crippen LogP contribution in [-0.4, -0.2) is 45.9 Å². The first-order valence-electron chi connectivity index (χ1n) is 13.3. The molecular formula is C29H32F3N5O2. The summed E-state index contributed by atoms with van der Waals surface area (Å²) < 4.78 is 42.8. The molecule has 3 aromatic rings. The third kappa shape index (κ3) is 5.99. The molecule has 39 heavy (non-hydrogen) atoms. The highest BCUT2D eigenvalue weighted by molar-refractivity contribution is 5.85. The topological polar surface area (TPSA) is 87.2 Å². The Morgan fingerprint density at radius 2 is 1.69 bits per heavy atom. The molecule has 2 saturated carbocycles. The van der Waals surface area contributed by atoms with Crippen molar-refractivity contribution in [1.29, 1.82) is 0 Å². The highest BCUT2D eigenvalue weighted by Gasteiger charge is 2.46. The van der Waals surface area contributed by atoms with Gasteiger partial charge < -0.3 is 15.5 Å². The number of anilines is 2. The molecule has 2 aromatic heterocycles. The van der Waals surface area contributed by atoms with Crippen LogP contribution in [0.4, 0.5) is 24.5 Å². The molecule has 5 rings (SSSR count). The quantitative estimate of drug-likeness (QED) is 0.384. The molecule has 0 spiro atoms. The van der Waals surface area contributed by atoms with Gasteiger partial charge in [0.05, 0.1) is 22.9 Å². The first kappa shape index (κ1) is 26.9. The second-order valence-electron chi connectivity index (χ2n) is 10.6. The lowest BCUT2D eigenvalue weighted by molar-refractivity contribution is -0.191. The van der Waals surface area contributed by atoms with E-state index in [-0.39, 0.29) is 17.5 Å². The molecule has 0 aliphatic heterocycles. The Morgan fingerprint density at radius 1 is 1.00 bits per heavy atom. The van der Waals surface area contributed by atoms with Gasteiger partial charge in [-0.3, -0.25) is 19.6 Å². The van der Waals surface area contributed by atoms with Crippen LogP contribution in [0, 0.1) is 5.92 Å². The molecule has 2 aliphatic carbocycles. The van der Waals surface area contributed by atoms with Gasteiger partial charge in [0.15, 0.2) is 6.04 Å². The molecule has 10 heteroatoms. The van der Waals surface area contributed by atoms with Crippen molar-refractivity contribution in [3.05, 3.63) is 59.9 Å². The standard InChI is InChI=1S/C29H32F3N5O2/c1-17(38)35-21-13-9-20(10-14-21)28(39)37(2)27(29(30,31)32)19-7-11-22(12-8-19)36-24-16-34-23-4-3-15-33-26(23)25(24)18-5-6-18/h3-4,7-8,11-12,15-16,18,20-21,27,36H,5-6,9-10,13-14H2,1-2H3,(H,35,38)/t20?,21?,27-/m0/s1. The van der Waals surface area contributed by atoms with Crippen molar-refractivity contribution >= 4 is 34.2 Å². The van der Waals surface area contributed by atoms with E-state index in [0.717, 1.165) is 40.0 Å². The average Bonchev–Trinajstić information content (AvgIpc) is 3.74. The average molecular weight is 540 g/mol. The summed E-state index contributed by atoms with van der Waals surface area (Å²) in [5, 5.41) is 6.15. The number of hydrogen-bond donors (Lipinski definition) is 2. The number of nitrogens with zero attached hydrogens (tertiary/aromatic N) is 3. The minimum absolute atomic E-state index is 0.00319. The number of halogens is 3. The monoisotopic (exact) mass is 539 g/mol. The number of amides is 2. The molecule has 2 N–H and O–H groups in total. The number of rotatable bonds is 7. The molecule has 1 aromatic carbocycles. The largest absolute Gasteiger partial charge is 0.413 e. The summed E-state index contributed by atoms with van der Waals surface area (Å²) in [5.41, 5.74) is 4.15. The van der Waals surface area contributed by atoms with Gasteiger partial charge >= 0.3 is 6.18 Å². The second kappa shape index (κ2) is 10.8. The van der Waals surface area contributed by atoms with Gasteiger partial charge in [-0.05, 0) is 74.3 Å². The van der Waals surface area contributed by atoms with Crippen LogP contribution in [0.15, 0.2) is 48.8 Å². The van der Waals surface area contributed by atoms with Crippen LogP contribution >= 0.6 is 0 Å². The molecule has 7 nitrogen and oxygen atoms in total. The fourth-order valence-corrected chi connectivity index (χ4v) is 5.65. The van der Waals surface area contributed by atoms with Gasteiger partial charge in [0.25, 0.3) is 0 Å². The van der Waals surface area contributed by atoms with E-state index in [1.54, 1.807) is 24.5 Å². The van der Waals surface area contributed by atoms with Gasteiger partial charge in [-0.25, -0.2) is 0 Å². The van der Waals surface area contributed by atoms with E-state index in [4.69, 9.17) is 0 Å². The number of aromatic nitrogens is 2. The minimum Gasteiger partial charge on any atom is -0.354 e. The highest BCUT2D eigenvalue weighted by atomic mass is 19.4. The number of benzene rings is 1. The van der Waals surface area contributed by atoms with Crippen LogP contribution in [0.1, 0.15) is 68.5 Å². The van der Waals surface area contributed by atoms with E-state index in [2.05, 4.69) is 20.6 Å². The molecule has 0 bridgehead atoms. The first-order valence-corrected chi connectivity index (χ1v) is 13.3. The van der Waals surface area contributed by atoms with Gasteiger partial charge in [-0.2, -0.15) is 13.2 Å². The maximum Gasteiger partial charge on any atom is 0.413 e. The summed E-state index contributed by atoms with van der Waals surface area (Å²) in [7, 11) is 1.22. The van der Waals surface area contributed by atoms with E-state index >= 15 is 0 Å². The van der Waals surface area contributed by atoms with Crippen molar-refractivity contribution in [3.8, 4) is 0 Å². The second-order valence-corrected chi connectivity index (χ2v) is 10.6. The number of pyridine rings is 2. The van der Waals surface area contributed by atoms with Crippen LogP contribution in [-0.2, 0) is 9.59 Å². The summed E-state index contributed by atoms with van der Waals surface area (Å²) in [4.78, 5) is 34.3. The van der Waals surface area contributed by atoms with E-state index in [1.165, 1.54) is 26.1 Å². The summed E-state index contributed by atoms with van der Waals surface area (Å²) in [6.07, 6.45) is 3.00. The van der Waals surface area contributed by atoms with E-state index < -0.39 is 24.0 Å². The predicted octanol–water partition coefficient (Wildman–Crippen LogP) is 6.01. The number of carbonyl (C=O) groups is 2. The number of fused-ring (bicyclic) bond motifs is 1. The van der Waals surface area contributed by atoms with Gasteiger partial charge in [0, 0.05) is 43.4 Å². The van der Waals surface area contributed by atoms with E-state index in [9.17, 15) is 22.8 Å². The molecule has 2 fully saturated rings. The highest BCUT2D eigenvalue weighted by Crippen LogP contribution is 2.46. The van der Waals surface area contributed by atoms with Crippen molar-refractivity contribution in [3.63, 3.8) is 0 Å². The molecule has 2 amide bonds. The Morgan fingerprint density at radius 3 is 2.31 bits per heavy atom. The van der Waals surface area contributed by atoms with Gasteiger partial charge in [0.1, 0.15) is 0 Å². The van der Waals surface area contributed by atoms with Crippen LogP contribution in [0.25, 0.3) is 11.0 Å². The number of carbonyl (C=O) groups excluding carboxylic acids is 2. The Hall–Kier alpha value is -3.69. The third-order valence-corrected chi connectivity index (χ3v) is 7.68. The predicted molar refractivity (Wildman–Crippen MR) is 142 cm³/mol. The maximum absolute atomic E-state index is 14.3. The van der Waals surface area contributed by atoms with Gasteiger partial charge in [-0.1, -0.05) is 12.1 Å². The van der Waals surface area contributed by atoms with Crippen LogP contribution in [0.2, 0.25) is 0 Å². The molecule has 2 aliphatic rings. The molecule has 0 unspecified atom stereocenters. The molecule has 0 radical (unpaired) electrons. The van der Waals surface area contributed by atoms with Crippen LogP contribution in [0.3, 0.4) is 0 Å². The lowest BCUT2D eigenvalue weighted by Crippen LogP contribution is -2.45. The van der Waals surface area contributed by atoms with Crippen molar-refractivity contribution in [2.45, 2.75) is 69.6 Å². The van der Waals surface area contributed by atoms with Gasteiger partial charge in [0.2, 0.25) is 11.8 Å². The Bertz CT molecular complexity index is 1350. The summed E-state index contributed by atoms with van der Waals surface area (Å²) in [6.45, 7) is 1.43. The van der Waals surface area contributed by atoms with Gasteiger partial charge in [-0.15, -0.1) is 0 Å². The first-order chi connectivity index (χ1) is 18.6. The zero-order chi connectivity index (χ0) is 27.7. The van der Waals surface area contributed by atoms with Crippen LogP contribution < -0.4 is 10.6 Å². The molecule has 2 heterocycles. The summed E-state index contributed by atoms with van der Waals surface area (Å²) in [6, 6.07) is 7.70. The Balaban J connectivity index is 1.32. The summed E-state index contributed by atoms with van der Waals surface area (Å²) in [5.74, 6) is -0.783. The van der Waals surface area contributed by atoms with E-state index in [1.807, 2.05) is 12.1 Å². The maximum atomic E-state index is 14.3. The molecule has 206 valence electrons. The fourth-order valence-electron chi connectivity index (χ4n) is 5.65. The van der Waals surface area contributed by atoms with Crippen molar-refractivity contribution < 1.29 is 22.8 Å². The lowest BCUT2D eigenvalue weighted by atomic mass is 9.84. The number of hydrogen-bond acceptors (Lipinski definition) is 5. The normalized spacial score (nSPS) is 20.3. The van der Waals surface area contributed by atoms with Crippen LogP contribution in [0.5, 0.6) is 0 Å². The zero-order valence-electron chi connectivity index (χ0n) is 22.0. The molecule has 0 saturated heterocycles. The molecule has 1 atom stereocenters. The van der Waals surface area contributed by atoms with Crippen molar-refractivity contribution in [2.75, 3.05) is 12.4 Å². The Labute approximate surface area is 225 Å². The smallest absolute Gasteiger partial charge is 0.354 e.